The lowest BCUT2D eigenvalue weighted by atomic mass is 9.92. The molecule has 3 rings (SSSR count). The van der Waals surface area contributed by atoms with Crippen LogP contribution in [0.2, 0.25) is 0 Å². The van der Waals surface area contributed by atoms with Crippen LogP contribution >= 0.6 is 24.8 Å². The molecule has 192 valence electrons. The van der Waals surface area contributed by atoms with Crippen molar-refractivity contribution in [1.82, 2.24) is 14.9 Å². The zero-order valence-corrected chi connectivity index (χ0v) is 22.9. The van der Waals surface area contributed by atoms with Gasteiger partial charge in [0.1, 0.15) is 5.75 Å². The number of nitrogens with one attached hydrogen (secondary N) is 2. The Balaban J connectivity index is 0.00000289. The summed E-state index contributed by atoms with van der Waals surface area (Å²) in [6, 6.07) is 16.2. The standard InChI is InChI=1S/C25H37N3O3S.2ClH/c1-5-28(6-2)32(29,30)22-14-15-24(31-19(3)4)21(17-22)18-27-23-13-10-16-26-25(23)20-11-8-7-9-12-20;;/h7-9,11-12,14-15,17,19,23,25-27H,5-6,10,13,16,18H2,1-4H3;2*1H. The quantitative estimate of drug-likeness (QED) is 0.454. The molecule has 1 heterocycles. The Morgan fingerprint density at radius 1 is 1.09 bits per heavy atom. The highest BCUT2D eigenvalue weighted by Crippen LogP contribution is 2.28. The summed E-state index contributed by atoms with van der Waals surface area (Å²) in [5.74, 6) is 0.728. The van der Waals surface area contributed by atoms with Gasteiger partial charge in [-0.3, -0.25) is 0 Å². The van der Waals surface area contributed by atoms with Crippen LogP contribution in [0.4, 0.5) is 0 Å². The van der Waals surface area contributed by atoms with Gasteiger partial charge in [-0.15, -0.1) is 24.8 Å². The van der Waals surface area contributed by atoms with Gasteiger partial charge in [-0.25, -0.2) is 8.42 Å². The normalized spacial score (nSPS) is 18.3. The summed E-state index contributed by atoms with van der Waals surface area (Å²) in [5, 5.41) is 7.32. The van der Waals surface area contributed by atoms with Gasteiger partial charge in [0, 0.05) is 37.3 Å². The summed E-state index contributed by atoms with van der Waals surface area (Å²) in [5.41, 5.74) is 2.13. The first-order valence-electron chi connectivity index (χ1n) is 11.7. The zero-order chi connectivity index (χ0) is 23.1. The minimum absolute atomic E-state index is 0. The highest BCUT2D eigenvalue weighted by Gasteiger charge is 2.27. The van der Waals surface area contributed by atoms with Crippen molar-refractivity contribution in [3.05, 3.63) is 59.7 Å². The molecule has 2 unspecified atom stereocenters. The van der Waals surface area contributed by atoms with Gasteiger partial charge in [0.25, 0.3) is 0 Å². The van der Waals surface area contributed by atoms with Crippen LogP contribution in [0.15, 0.2) is 53.4 Å². The lowest BCUT2D eigenvalue weighted by Crippen LogP contribution is -2.45. The largest absolute Gasteiger partial charge is 0.491 e. The van der Waals surface area contributed by atoms with Gasteiger partial charge >= 0.3 is 0 Å². The molecule has 2 aromatic rings. The smallest absolute Gasteiger partial charge is 0.243 e. The maximum atomic E-state index is 13.1. The average molecular weight is 533 g/mol. The van der Waals surface area contributed by atoms with E-state index in [1.54, 1.807) is 18.2 Å². The van der Waals surface area contributed by atoms with Gasteiger partial charge in [-0.1, -0.05) is 44.2 Å². The summed E-state index contributed by atoms with van der Waals surface area (Å²) in [6.45, 7) is 10.1. The Kier molecular flexibility index (Phi) is 12.9. The lowest BCUT2D eigenvalue weighted by molar-refractivity contribution is 0.237. The number of hydrogen-bond acceptors (Lipinski definition) is 5. The SMILES string of the molecule is CCN(CC)S(=O)(=O)c1ccc(OC(C)C)c(CNC2CCCNC2c2ccccc2)c1.Cl.Cl. The van der Waals surface area contributed by atoms with E-state index >= 15 is 0 Å². The molecule has 1 saturated heterocycles. The lowest BCUT2D eigenvalue weighted by Gasteiger charge is -2.34. The molecule has 9 heteroatoms. The van der Waals surface area contributed by atoms with E-state index in [9.17, 15) is 8.42 Å². The van der Waals surface area contributed by atoms with E-state index in [2.05, 4.69) is 34.9 Å². The Hall–Kier alpha value is -1.35. The molecule has 0 amide bonds. The number of benzene rings is 2. The summed E-state index contributed by atoms with van der Waals surface area (Å²) >= 11 is 0. The highest BCUT2D eigenvalue weighted by molar-refractivity contribution is 7.89. The minimum Gasteiger partial charge on any atom is -0.491 e. The van der Waals surface area contributed by atoms with Gasteiger partial charge in [-0.05, 0) is 57.0 Å². The Morgan fingerprint density at radius 3 is 2.38 bits per heavy atom. The zero-order valence-electron chi connectivity index (χ0n) is 20.5. The fourth-order valence-corrected chi connectivity index (χ4v) is 5.81. The van der Waals surface area contributed by atoms with Gasteiger partial charge in [0.15, 0.2) is 0 Å². The van der Waals surface area contributed by atoms with Crippen molar-refractivity contribution in [1.29, 1.82) is 0 Å². The van der Waals surface area contributed by atoms with Crippen molar-refractivity contribution in [2.45, 2.75) is 70.2 Å². The molecule has 2 atom stereocenters. The van der Waals surface area contributed by atoms with Crippen molar-refractivity contribution in [3.8, 4) is 5.75 Å². The molecule has 1 fully saturated rings. The van der Waals surface area contributed by atoms with Crippen LogP contribution in [-0.4, -0.2) is 44.5 Å². The number of ether oxygens (including phenoxy) is 1. The minimum atomic E-state index is -3.53. The third-order valence-electron chi connectivity index (χ3n) is 5.91. The number of sulfonamides is 1. The van der Waals surface area contributed by atoms with Crippen molar-refractivity contribution in [2.24, 2.45) is 0 Å². The first-order chi connectivity index (χ1) is 15.4. The molecule has 0 radical (unpaired) electrons. The Morgan fingerprint density at radius 2 is 1.76 bits per heavy atom. The molecule has 0 aliphatic carbocycles. The summed E-state index contributed by atoms with van der Waals surface area (Å²) < 4.78 is 33.7. The maximum Gasteiger partial charge on any atom is 0.243 e. The first-order valence-corrected chi connectivity index (χ1v) is 13.1. The molecule has 0 saturated carbocycles. The third-order valence-corrected chi connectivity index (χ3v) is 7.96. The summed E-state index contributed by atoms with van der Waals surface area (Å²) in [6.07, 6.45) is 2.17. The van der Waals surface area contributed by atoms with Crippen LogP contribution < -0.4 is 15.4 Å². The van der Waals surface area contributed by atoms with Crippen molar-refractivity contribution in [3.63, 3.8) is 0 Å². The highest BCUT2D eigenvalue weighted by atomic mass is 35.5. The third kappa shape index (κ3) is 7.57. The van der Waals surface area contributed by atoms with E-state index in [-0.39, 0.29) is 43.0 Å². The van der Waals surface area contributed by atoms with E-state index in [1.165, 1.54) is 9.87 Å². The topological polar surface area (TPSA) is 70.7 Å². The second kappa shape index (κ2) is 14.3. The molecule has 0 bridgehead atoms. The maximum absolute atomic E-state index is 13.1. The van der Waals surface area contributed by atoms with Crippen LogP contribution in [0, 0.1) is 0 Å². The fraction of sp³-hybridized carbons (Fsp3) is 0.520. The number of rotatable bonds is 10. The Labute approximate surface area is 217 Å². The predicted molar refractivity (Wildman–Crippen MR) is 144 cm³/mol. The van der Waals surface area contributed by atoms with Gasteiger partial charge in [-0.2, -0.15) is 4.31 Å². The van der Waals surface area contributed by atoms with E-state index in [1.807, 2.05) is 33.8 Å². The molecule has 2 aromatic carbocycles. The van der Waals surface area contributed by atoms with Gasteiger partial charge in [0.05, 0.1) is 11.0 Å². The second-order valence-electron chi connectivity index (χ2n) is 8.50. The average Bonchev–Trinajstić information content (AvgIpc) is 2.79. The van der Waals surface area contributed by atoms with Gasteiger partial charge < -0.3 is 15.4 Å². The monoisotopic (exact) mass is 531 g/mol. The molecule has 34 heavy (non-hydrogen) atoms. The summed E-state index contributed by atoms with van der Waals surface area (Å²) in [4.78, 5) is 0.315. The van der Waals surface area contributed by atoms with Crippen LogP contribution in [0.1, 0.15) is 57.7 Å². The number of halogens is 2. The van der Waals surface area contributed by atoms with Crippen LogP contribution in [-0.2, 0) is 16.6 Å². The molecule has 2 N–H and O–H groups in total. The van der Waals surface area contributed by atoms with E-state index in [4.69, 9.17) is 4.74 Å². The molecule has 0 aromatic heterocycles. The summed E-state index contributed by atoms with van der Waals surface area (Å²) in [7, 11) is -3.53. The second-order valence-corrected chi connectivity index (χ2v) is 10.4. The van der Waals surface area contributed by atoms with Crippen molar-refractivity contribution in [2.75, 3.05) is 19.6 Å². The van der Waals surface area contributed by atoms with Crippen LogP contribution in [0.5, 0.6) is 5.75 Å². The number of nitrogens with zero attached hydrogens (tertiary/aromatic N) is 1. The van der Waals surface area contributed by atoms with Crippen LogP contribution in [0.25, 0.3) is 0 Å². The molecular formula is C25H39Cl2N3O3S. The van der Waals surface area contributed by atoms with Crippen molar-refractivity contribution < 1.29 is 13.2 Å². The fourth-order valence-electron chi connectivity index (χ4n) is 4.30. The number of hydrogen-bond donors (Lipinski definition) is 2. The molecule has 0 spiro atoms. The molecule has 1 aliphatic rings. The molecule has 1 aliphatic heterocycles. The Bertz CT molecular complexity index is 971. The van der Waals surface area contributed by atoms with Crippen LogP contribution in [0.3, 0.4) is 0 Å². The van der Waals surface area contributed by atoms with E-state index in [0.717, 1.165) is 30.7 Å². The van der Waals surface area contributed by atoms with E-state index < -0.39 is 10.0 Å². The predicted octanol–water partition coefficient (Wildman–Crippen LogP) is 4.93. The van der Waals surface area contributed by atoms with E-state index in [0.29, 0.717) is 24.5 Å². The van der Waals surface area contributed by atoms with Gasteiger partial charge in [0.2, 0.25) is 10.0 Å². The molecule has 6 nitrogen and oxygen atoms in total. The first kappa shape index (κ1) is 30.7. The van der Waals surface area contributed by atoms with Crippen molar-refractivity contribution >= 4 is 34.8 Å². The molecular weight excluding hydrogens is 493 g/mol. The number of piperidine rings is 1.